The van der Waals surface area contributed by atoms with Crippen LogP contribution in [0.3, 0.4) is 0 Å². The van der Waals surface area contributed by atoms with Gasteiger partial charge in [0.15, 0.2) is 5.96 Å². The molecule has 2 atom stereocenters. The maximum absolute atomic E-state index is 12.5. The summed E-state index contributed by atoms with van der Waals surface area (Å²) >= 11 is 1.65. The fraction of sp³-hybridized carbons (Fsp3) is 0.353. The first-order valence-electron chi connectivity index (χ1n) is 7.80. The minimum atomic E-state index is -4.69. The first kappa shape index (κ1) is 17.6. The lowest BCUT2D eigenvalue weighted by Crippen LogP contribution is -2.38. The van der Waals surface area contributed by atoms with E-state index in [1.165, 1.54) is 17.0 Å². The van der Waals surface area contributed by atoms with Crippen molar-refractivity contribution in [1.82, 2.24) is 10.6 Å². The van der Waals surface area contributed by atoms with Gasteiger partial charge in [0.25, 0.3) is 0 Å². The van der Waals surface area contributed by atoms with Crippen molar-refractivity contribution < 1.29 is 17.9 Å². The number of nitrogens with one attached hydrogen (secondary N) is 2. The van der Waals surface area contributed by atoms with Crippen LogP contribution in [0.2, 0.25) is 0 Å². The minimum Gasteiger partial charge on any atom is -0.405 e. The van der Waals surface area contributed by atoms with Crippen molar-refractivity contribution in [1.29, 1.82) is 0 Å². The Morgan fingerprint density at radius 1 is 1.28 bits per heavy atom. The topological polar surface area (TPSA) is 45.7 Å². The predicted molar refractivity (Wildman–Crippen MR) is 91.9 cm³/mol. The molecule has 3 rings (SSSR count). The van der Waals surface area contributed by atoms with Gasteiger partial charge in [-0.15, -0.1) is 24.5 Å². The van der Waals surface area contributed by atoms with Gasteiger partial charge in [-0.3, -0.25) is 4.99 Å². The summed E-state index contributed by atoms with van der Waals surface area (Å²) < 4.78 is 41.7. The van der Waals surface area contributed by atoms with Gasteiger partial charge in [-0.05, 0) is 29.5 Å². The Kier molecular flexibility index (Phi) is 5.17. The van der Waals surface area contributed by atoms with Crippen LogP contribution >= 0.6 is 11.3 Å². The SMILES string of the molecule is CN=C(NCc1cccs1)NC1CC1c1ccccc1OC(F)(F)F. The molecule has 134 valence electrons. The molecule has 0 radical (unpaired) electrons. The molecule has 2 N–H and O–H groups in total. The Hall–Kier alpha value is -2.22. The Morgan fingerprint density at radius 3 is 2.76 bits per heavy atom. The molecular formula is C17H18F3N3OS. The first-order chi connectivity index (χ1) is 12.0. The van der Waals surface area contributed by atoms with Crippen molar-refractivity contribution >= 4 is 17.3 Å². The lowest BCUT2D eigenvalue weighted by molar-refractivity contribution is -0.274. The first-order valence-corrected chi connectivity index (χ1v) is 8.68. The lowest BCUT2D eigenvalue weighted by Gasteiger charge is -2.14. The van der Waals surface area contributed by atoms with E-state index in [4.69, 9.17) is 0 Å². The van der Waals surface area contributed by atoms with Crippen molar-refractivity contribution in [3.8, 4) is 5.75 Å². The van der Waals surface area contributed by atoms with E-state index in [0.717, 1.165) is 6.42 Å². The molecule has 4 nitrogen and oxygen atoms in total. The second-order valence-electron chi connectivity index (χ2n) is 5.68. The third-order valence-corrected chi connectivity index (χ3v) is 4.77. The summed E-state index contributed by atoms with van der Waals surface area (Å²) in [6.45, 7) is 0.655. The maximum Gasteiger partial charge on any atom is 0.573 e. The standard InChI is InChI=1S/C17H18F3N3OS/c1-21-16(22-10-11-5-4-8-25-11)23-14-9-13(14)12-6-2-3-7-15(12)24-17(18,19)20/h2-8,13-14H,9-10H2,1H3,(H2,21,22,23). The van der Waals surface area contributed by atoms with E-state index in [0.29, 0.717) is 18.1 Å². The molecule has 0 saturated heterocycles. The fourth-order valence-electron chi connectivity index (χ4n) is 2.66. The molecule has 1 aromatic carbocycles. The Bertz CT molecular complexity index is 731. The summed E-state index contributed by atoms with van der Waals surface area (Å²) in [5, 5.41) is 8.46. The smallest absolute Gasteiger partial charge is 0.405 e. The van der Waals surface area contributed by atoms with Crippen LogP contribution in [-0.2, 0) is 6.54 Å². The zero-order chi connectivity index (χ0) is 17.9. The van der Waals surface area contributed by atoms with Gasteiger partial charge in [-0.2, -0.15) is 0 Å². The van der Waals surface area contributed by atoms with Crippen LogP contribution < -0.4 is 15.4 Å². The Balaban J connectivity index is 1.59. The van der Waals surface area contributed by atoms with Gasteiger partial charge in [0, 0.05) is 23.9 Å². The van der Waals surface area contributed by atoms with E-state index in [1.54, 1.807) is 30.5 Å². The van der Waals surface area contributed by atoms with E-state index < -0.39 is 6.36 Å². The summed E-state index contributed by atoms with van der Waals surface area (Å²) in [5.41, 5.74) is 0.561. The maximum atomic E-state index is 12.5. The van der Waals surface area contributed by atoms with E-state index in [1.807, 2.05) is 17.5 Å². The lowest BCUT2D eigenvalue weighted by atomic mass is 10.1. The number of aliphatic imine (C=N–C) groups is 1. The minimum absolute atomic E-state index is 0.0289. The van der Waals surface area contributed by atoms with Gasteiger partial charge < -0.3 is 15.4 Å². The van der Waals surface area contributed by atoms with Crippen LogP contribution in [-0.4, -0.2) is 25.4 Å². The number of para-hydroxylation sites is 1. The normalized spacial score (nSPS) is 20.2. The molecule has 1 heterocycles. The number of rotatable bonds is 5. The third-order valence-electron chi connectivity index (χ3n) is 3.89. The molecule has 2 aromatic rings. The number of halogens is 3. The number of nitrogens with zero attached hydrogens (tertiary/aromatic N) is 1. The Morgan fingerprint density at radius 2 is 2.08 bits per heavy atom. The number of benzene rings is 1. The van der Waals surface area contributed by atoms with Crippen LogP contribution in [0.25, 0.3) is 0 Å². The van der Waals surface area contributed by atoms with Gasteiger partial charge in [0.05, 0.1) is 6.54 Å². The average molecular weight is 369 g/mol. The number of thiophene rings is 1. The van der Waals surface area contributed by atoms with E-state index >= 15 is 0 Å². The molecule has 2 unspecified atom stereocenters. The number of ether oxygens (including phenoxy) is 1. The van der Waals surface area contributed by atoms with Crippen LogP contribution in [0.5, 0.6) is 5.75 Å². The van der Waals surface area contributed by atoms with Crippen molar-refractivity contribution in [3.05, 3.63) is 52.2 Å². The zero-order valence-corrected chi connectivity index (χ0v) is 14.3. The molecule has 1 aromatic heterocycles. The number of hydrogen-bond donors (Lipinski definition) is 2. The molecule has 1 aliphatic carbocycles. The predicted octanol–water partition coefficient (Wildman–Crippen LogP) is 3.87. The van der Waals surface area contributed by atoms with Crippen LogP contribution in [0.15, 0.2) is 46.8 Å². The zero-order valence-electron chi connectivity index (χ0n) is 13.5. The largest absolute Gasteiger partial charge is 0.573 e. The number of alkyl halides is 3. The molecule has 1 saturated carbocycles. The van der Waals surface area contributed by atoms with Gasteiger partial charge in [-0.25, -0.2) is 0 Å². The number of hydrogen-bond acceptors (Lipinski definition) is 3. The van der Waals surface area contributed by atoms with Gasteiger partial charge in [0.2, 0.25) is 0 Å². The highest BCUT2D eigenvalue weighted by Gasteiger charge is 2.42. The van der Waals surface area contributed by atoms with E-state index in [9.17, 15) is 13.2 Å². The summed E-state index contributed by atoms with van der Waals surface area (Å²) in [5.74, 6) is 0.472. The van der Waals surface area contributed by atoms with Gasteiger partial charge in [0.1, 0.15) is 5.75 Å². The molecule has 8 heteroatoms. The molecule has 0 bridgehead atoms. The highest BCUT2D eigenvalue weighted by molar-refractivity contribution is 7.09. The van der Waals surface area contributed by atoms with E-state index in [2.05, 4.69) is 20.4 Å². The van der Waals surface area contributed by atoms with E-state index in [-0.39, 0.29) is 17.7 Å². The highest BCUT2D eigenvalue weighted by atomic mass is 32.1. The molecule has 0 aliphatic heterocycles. The van der Waals surface area contributed by atoms with Gasteiger partial charge in [-0.1, -0.05) is 24.3 Å². The van der Waals surface area contributed by atoms with Crippen molar-refractivity contribution in [3.63, 3.8) is 0 Å². The van der Waals surface area contributed by atoms with Gasteiger partial charge >= 0.3 is 6.36 Å². The fourth-order valence-corrected chi connectivity index (χ4v) is 3.30. The van der Waals surface area contributed by atoms with Crippen LogP contribution in [0.4, 0.5) is 13.2 Å². The molecule has 0 spiro atoms. The average Bonchev–Trinajstić information content (AvgIpc) is 3.11. The van der Waals surface area contributed by atoms with Crippen molar-refractivity contribution in [2.24, 2.45) is 4.99 Å². The summed E-state index contributed by atoms with van der Waals surface area (Å²) in [4.78, 5) is 5.35. The molecular weight excluding hydrogens is 351 g/mol. The molecule has 1 fully saturated rings. The second kappa shape index (κ2) is 7.35. The van der Waals surface area contributed by atoms with Crippen LogP contribution in [0, 0.1) is 0 Å². The monoisotopic (exact) mass is 369 g/mol. The Labute approximate surface area is 147 Å². The molecule has 0 amide bonds. The van der Waals surface area contributed by atoms with Crippen LogP contribution in [0.1, 0.15) is 22.8 Å². The highest BCUT2D eigenvalue weighted by Crippen LogP contribution is 2.45. The van der Waals surface area contributed by atoms with Crippen molar-refractivity contribution in [2.75, 3.05) is 7.05 Å². The van der Waals surface area contributed by atoms with Crippen molar-refractivity contribution in [2.45, 2.75) is 31.3 Å². The molecule has 1 aliphatic rings. The summed E-state index contributed by atoms with van der Waals surface area (Å²) in [6.07, 6.45) is -3.95. The third kappa shape index (κ3) is 4.88. The quantitative estimate of drug-likeness (QED) is 0.621. The second-order valence-corrected chi connectivity index (χ2v) is 6.72. The summed E-state index contributed by atoms with van der Waals surface area (Å²) in [7, 11) is 1.67. The number of guanidine groups is 1. The summed E-state index contributed by atoms with van der Waals surface area (Å²) in [6, 6.07) is 10.3. The molecule has 25 heavy (non-hydrogen) atoms.